The lowest BCUT2D eigenvalue weighted by molar-refractivity contribution is 0.0517. The molecule has 1 fully saturated rings. The van der Waals surface area contributed by atoms with Crippen molar-refractivity contribution in [2.75, 3.05) is 18.5 Å². The average molecular weight is 265 g/mol. The van der Waals surface area contributed by atoms with Gasteiger partial charge >= 0.3 is 0 Å². The van der Waals surface area contributed by atoms with Gasteiger partial charge in [0.2, 0.25) is 0 Å². The number of likely N-dealkylation sites (tertiary alicyclic amines) is 1. The fourth-order valence-electron chi connectivity index (χ4n) is 2.29. The summed E-state index contributed by atoms with van der Waals surface area (Å²) in [5.74, 6) is 5.73. The molecule has 0 bridgehead atoms. The molecule has 1 aliphatic rings. The van der Waals surface area contributed by atoms with Crippen LogP contribution in [0.15, 0.2) is 12.4 Å². The lowest BCUT2D eigenvalue weighted by Gasteiger charge is -2.33. The van der Waals surface area contributed by atoms with Crippen molar-refractivity contribution in [3.05, 3.63) is 18.1 Å². The number of aromatic nitrogens is 2. The third-order valence-electron chi connectivity index (χ3n) is 3.51. The van der Waals surface area contributed by atoms with Crippen molar-refractivity contribution < 1.29 is 9.90 Å². The summed E-state index contributed by atoms with van der Waals surface area (Å²) in [4.78, 5) is 22.0. The van der Waals surface area contributed by atoms with Crippen molar-refractivity contribution in [2.45, 2.75) is 25.9 Å². The molecule has 1 aliphatic heterocycles. The number of piperidine rings is 1. The molecule has 104 valence electrons. The Bertz CT molecular complexity index is 444. The predicted molar refractivity (Wildman–Crippen MR) is 70.2 cm³/mol. The highest BCUT2D eigenvalue weighted by molar-refractivity contribution is 5.92. The van der Waals surface area contributed by atoms with E-state index in [-0.39, 0.29) is 23.6 Å². The molecule has 2 rings (SSSR count). The number of nitrogen functional groups attached to an aromatic ring is 1. The molecule has 0 aromatic carbocycles. The van der Waals surface area contributed by atoms with Crippen LogP contribution in [0.3, 0.4) is 0 Å². The minimum Gasteiger partial charge on any atom is -0.393 e. The van der Waals surface area contributed by atoms with Crippen molar-refractivity contribution in [3.8, 4) is 0 Å². The van der Waals surface area contributed by atoms with Crippen molar-refractivity contribution in [3.63, 3.8) is 0 Å². The number of hydrazine groups is 1. The van der Waals surface area contributed by atoms with E-state index in [1.165, 1.54) is 12.4 Å². The van der Waals surface area contributed by atoms with Crippen LogP contribution in [0.4, 0.5) is 5.82 Å². The van der Waals surface area contributed by atoms with Gasteiger partial charge in [-0.25, -0.2) is 10.8 Å². The van der Waals surface area contributed by atoms with Gasteiger partial charge in [0.25, 0.3) is 5.91 Å². The summed E-state index contributed by atoms with van der Waals surface area (Å²) in [6.07, 6.45) is 4.19. The summed E-state index contributed by atoms with van der Waals surface area (Å²) < 4.78 is 0. The highest BCUT2D eigenvalue weighted by Crippen LogP contribution is 2.21. The van der Waals surface area contributed by atoms with Crippen molar-refractivity contribution in [2.24, 2.45) is 11.8 Å². The molecule has 4 N–H and O–H groups in total. The molecule has 1 amide bonds. The molecule has 2 heterocycles. The Balaban J connectivity index is 2.01. The van der Waals surface area contributed by atoms with E-state index in [0.717, 1.165) is 12.8 Å². The summed E-state index contributed by atoms with van der Waals surface area (Å²) in [6.45, 7) is 3.07. The molecule has 0 radical (unpaired) electrons. The van der Waals surface area contributed by atoms with E-state index in [4.69, 9.17) is 5.84 Å². The van der Waals surface area contributed by atoms with Gasteiger partial charge in [0.1, 0.15) is 5.69 Å². The average Bonchev–Trinajstić information content (AvgIpc) is 2.46. The summed E-state index contributed by atoms with van der Waals surface area (Å²) in [5.41, 5.74) is 2.65. The molecule has 0 spiro atoms. The van der Waals surface area contributed by atoms with Crippen molar-refractivity contribution >= 4 is 11.7 Å². The van der Waals surface area contributed by atoms with Crippen molar-refractivity contribution in [1.82, 2.24) is 14.9 Å². The molecular weight excluding hydrogens is 246 g/mol. The Kier molecular flexibility index (Phi) is 4.28. The maximum absolute atomic E-state index is 12.2. The number of hydrogen-bond donors (Lipinski definition) is 3. The first-order valence-electron chi connectivity index (χ1n) is 6.38. The Labute approximate surface area is 111 Å². The summed E-state index contributed by atoms with van der Waals surface area (Å²) in [5, 5.41) is 9.54. The number of anilines is 1. The first kappa shape index (κ1) is 13.7. The van der Waals surface area contributed by atoms with Gasteiger partial charge in [-0.15, -0.1) is 0 Å². The number of carbonyl (C=O) groups is 1. The smallest absolute Gasteiger partial charge is 0.274 e. The van der Waals surface area contributed by atoms with E-state index >= 15 is 0 Å². The van der Waals surface area contributed by atoms with Crippen LogP contribution in [0.25, 0.3) is 0 Å². The van der Waals surface area contributed by atoms with Crippen LogP contribution in [0.5, 0.6) is 0 Å². The van der Waals surface area contributed by atoms with Crippen LogP contribution in [0, 0.1) is 5.92 Å². The molecule has 1 saturated heterocycles. The maximum Gasteiger partial charge on any atom is 0.274 e. The first-order valence-corrected chi connectivity index (χ1v) is 6.38. The molecular formula is C12H19N5O2. The third-order valence-corrected chi connectivity index (χ3v) is 3.51. The van der Waals surface area contributed by atoms with Gasteiger partial charge in [0, 0.05) is 13.1 Å². The molecule has 7 heteroatoms. The molecule has 0 aliphatic carbocycles. The van der Waals surface area contributed by atoms with Gasteiger partial charge in [-0.05, 0) is 25.7 Å². The van der Waals surface area contributed by atoms with Gasteiger partial charge < -0.3 is 15.4 Å². The van der Waals surface area contributed by atoms with E-state index in [9.17, 15) is 9.90 Å². The van der Waals surface area contributed by atoms with Gasteiger partial charge in [-0.3, -0.25) is 9.78 Å². The van der Waals surface area contributed by atoms with E-state index in [1.807, 2.05) is 0 Å². The highest BCUT2D eigenvalue weighted by atomic mass is 16.3. The number of hydrogen-bond acceptors (Lipinski definition) is 6. The number of nitrogens with zero attached hydrogens (tertiary/aromatic N) is 3. The van der Waals surface area contributed by atoms with Crippen LogP contribution in [-0.4, -0.2) is 45.1 Å². The van der Waals surface area contributed by atoms with Gasteiger partial charge in [-0.2, -0.15) is 0 Å². The minimum absolute atomic E-state index is 0.145. The number of aliphatic hydroxyl groups excluding tert-OH is 1. The Morgan fingerprint density at radius 2 is 2.21 bits per heavy atom. The fraction of sp³-hybridized carbons (Fsp3) is 0.583. The largest absolute Gasteiger partial charge is 0.393 e. The molecule has 1 unspecified atom stereocenters. The molecule has 1 aromatic rings. The second-order valence-corrected chi connectivity index (χ2v) is 4.80. The predicted octanol–water partition coefficient (Wildman–Crippen LogP) is -0.00480. The number of carbonyl (C=O) groups excluding carboxylic acids is 1. The molecule has 0 saturated carbocycles. The van der Waals surface area contributed by atoms with Crippen LogP contribution in [0.1, 0.15) is 30.3 Å². The number of amides is 1. The van der Waals surface area contributed by atoms with Gasteiger partial charge in [0.15, 0.2) is 5.82 Å². The molecule has 19 heavy (non-hydrogen) atoms. The number of nitrogens with one attached hydrogen (secondary N) is 1. The summed E-state index contributed by atoms with van der Waals surface area (Å²) >= 11 is 0. The van der Waals surface area contributed by atoms with E-state index in [2.05, 4.69) is 15.4 Å². The Morgan fingerprint density at radius 1 is 1.53 bits per heavy atom. The molecule has 1 atom stereocenters. The first-order chi connectivity index (χ1) is 9.11. The lowest BCUT2D eigenvalue weighted by atomic mass is 9.92. The third kappa shape index (κ3) is 3.18. The van der Waals surface area contributed by atoms with Crippen LogP contribution in [0.2, 0.25) is 0 Å². The van der Waals surface area contributed by atoms with Crippen LogP contribution >= 0.6 is 0 Å². The highest BCUT2D eigenvalue weighted by Gasteiger charge is 2.26. The van der Waals surface area contributed by atoms with Gasteiger partial charge in [0.05, 0.1) is 18.5 Å². The van der Waals surface area contributed by atoms with Crippen LogP contribution in [-0.2, 0) is 0 Å². The fourth-order valence-corrected chi connectivity index (χ4v) is 2.29. The topological polar surface area (TPSA) is 104 Å². The zero-order valence-corrected chi connectivity index (χ0v) is 10.9. The van der Waals surface area contributed by atoms with Crippen molar-refractivity contribution in [1.29, 1.82) is 0 Å². The second-order valence-electron chi connectivity index (χ2n) is 4.80. The lowest BCUT2D eigenvalue weighted by Crippen LogP contribution is -2.41. The molecule has 7 nitrogen and oxygen atoms in total. The number of nitrogens with two attached hydrogens (primary N) is 1. The van der Waals surface area contributed by atoms with E-state index < -0.39 is 0 Å². The standard InChI is InChI=1S/C12H19N5O2/c1-8(18)9-2-4-17(5-3-9)12(19)10-6-14-7-11(15-10)16-13/h6-9,18H,2-5,13H2,1H3,(H,15,16). The molecule has 1 aromatic heterocycles. The van der Waals surface area contributed by atoms with Crippen LogP contribution < -0.4 is 11.3 Å². The zero-order valence-electron chi connectivity index (χ0n) is 10.9. The van der Waals surface area contributed by atoms with Gasteiger partial charge in [-0.1, -0.05) is 0 Å². The van der Waals surface area contributed by atoms with E-state index in [1.54, 1.807) is 11.8 Å². The Morgan fingerprint density at radius 3 is 2.79 bits per heavy atom. The summed E-state index contributed by atoms with van der Waals surface area (Å²) in [7, 11) is 0. The Hall–Kier alpha value is -1.73. The second kappa shape index (κ2) is 5.94. The van der Waals surface area contributed by atoms with E-state index in [0.29, 0.717) is 18.9 Å². The minimum atomic E-state index is -0.318. The quantitative estimate of drug-likeness (QED) is 0.524. The monoisotopic (exact) mass is 265 g/mol. The normalized spacial score (nSPS) is 18.2. The maximum atomic E-state index is 12.2. The number of rotatable bonds is 3. The summed E-state index contributed by atoms with van der Waals surface area (Å²) in [6, 6.07) is 0. The zero-order chi connectivity index (χ0) is 13.8. The number of aliphatic hydroxyl groups is 1. The SMILES string of the molecule is CC(O)C1CCN(C(=O)c2cncc(NN)n2)CC1.